The summed E-state index contributed by atoms with van der Waals surface area (Å²) in [6, 6.07) is 9.12. The van der Waals surface area contributed by atoms with Gasteiger partial charge >= 0.3 is 0 Å². The number of benzene rings is 1. The van der Waals surface area contributed by atoms with Crippen molar-refractivity contribution in [3.63, 3.8) is 0 Å². The SMILES string of the molecule is Nc1noc(-c2ccco2)c1-c1ccc2c(c1)OCO2. The Morgan fingerprint density at radius 1 is 1.10 bits per heavy atom. The molecule has 0 radical (unpaired) electrons. The van der Waals surface area contributed by atoms with Crippen LogP contribution in [0.15, 0.2) is 45.5 Å². The predicted octanol–water partition coefficient (Wildman–Crippen LogP) is 2.91. The summed E-state index contributed by atoms with van der Waals surface area (Å²) in [5.74, 6) is 2.75. The van der Waals surface area contributed by atoms with Gasteiger partial charge in [-0.2, -0.15) is 0 Å². The second-order valence-electron chi connectivity index (χ2n) is 4.32. The summed E-state index contributed by atoms with van der Waals surface area (Å²) in [6.07, 6.45) is 1.57. The molecule has 3 heterocycles. The molecule has 0 saturated carbocycles. The van der Waals surface area contributed by atoms with Gasteiger partial charge in [0, 0.05) is 0 Å². The van der Waals surface area contributed by atoms with Crippen LogP contribution in [0.2, 0.25) is 0 Å². The first-order valence-electron chi connectivity index (χ1n) is 6.02. The minimum absolute atomic E-state index is 0.225. The van der Waals surface area contributed by atoms with Crippen LogP contribution in [0.3, 0.4) is 0 Å². The van der Waals surface area contributed by atoms with Gasteiger partial charge in [0.05, 0.1) is 11.8 Å². The molecule has 3 aromatic rings. The van der Waals surface area contributed by atoms with Crippen LogP contribution in [-0.2, 0) is 0 Å². The molecule has 4 rings (SSSR count). The first-order chi connectivity index (χ1) is 9.83. The fraction of sp³-hybridized carbons (Fsp3) is 0.0714. The van der Waals surface area contributed by atoms with E-state index in [4.69, 9.17) is 24.1 Å². The van der Waals surface area contributed by atoms with Gasteiger partial charge in [-0.25, -0.2) is 0 Å². The number of furan rings is 1. The molecule has 0 saturated heterocycles. The number of aromatic nitrogens is 1. The molecule has 1 aromatic carbocycles. The maximum Gasteiger partial charge on any atom is 0.231 e. The molecule has 2 N–H and O–H groups in total. The standard InChI is InChI=1S/C14H10N2O4/c15-14-12(13(20-16-14)10-2-1-5-17-10)8-3-4-9-11(6-8)19-7-18-9/h1-6H,7H2,(H2,15,16). The highest BCUT2D eigenvalue weighted by Crippen LogP contribution is 2.41. The van der Waals surface area contributed by atoms with Gasteiger partial charge < -0.3 is 24.1 Å². The lowest BCUT2D eigenvalue weighted by Crippen LogP contribution is -1.92. The van der Waals surface area contributed by atoms with Gasteiger partial charge in [0.15, 0.2) is 23.1 Å². The number of hydrogen-bond donors (Lipinski definition) is 1. The highest BCUT2D eigenvalue weighted by Gasteiger charge is 2.22. The smallest absolute Gasteiger partial charge is 0.231 e. The molecule has 1 aliphatic rings. The van der Waals surface area contributed by atoms with E-state index in [0.29, 0.717) is 34.4 Å². The van der Waals surface area contributed by atoms with Crippen molar-refractivity contribution < 1.29 is 18.4 Å². The fourth-order valence-corrected chi connectivity index (χ4v) is 2.21. The molecule has 0 atom stereocenters. The maximum atomic E-state index is 5.91. The van der Waals surface area contributed by atoms with Crippen LogP contribution in [-0.4, -0.2) is 11.9 Å². The van der Waals surface area contributed by atoms with E-state index in [0.717, 1.165) is 5.56 Å². The molecular weight excluding hydrogens is 260 g/mol. The molecule has 0 unspecified atom stereocenters. The fourth-order valence-electron chi connectivity index (χ4n) is 2.21. The minimum atomic E-state index is 0.225. The quantitative estimate of drug-likeness (QED) is 0.770. The number of nitrogen functional groups attached to an aromatic ring is 1. The molecule has 1 aliphatic heterocycles. The molecule has 20 heavy (non-hydrogen) atoms. The van der Waals surface area contributed by atoms with Gasteiger partial charge in [0.2, 0.25) is 12.6 Å². The van der Waals surface area contributed by atoms with E-state index >= 15 is 0 Å². The number of fused-ring (bicyclic) bond motifs is 1. The van der Waals surface area contributed by atoms with E-state index < -0.39 is 0 Å². The zero-order valence-electron chi connectivity index (χ0n) is 10.3. The summed E-state index contributed by atoms with van der Waals surface area (Å²) in [4.78, 5) is 0. The van der Waals surface area contributed by atoms with Crippen LogP contribution in [0.25, 0.3) is 22.6 Å². The molecule has 0 fully saturated rings. The lowest BCUT2D eigenvalue weighted by Gasteiger charge is -2.02. The third kappa shape index (κ3) is 1.55. The van der Waals surface area contributed by atoms with Gasteiger partial charge in [-0.3, -0.25) is 0 Å². The van der Waals surface area contributed by atoms with Crippen molar-refractivity contribution in [2.24, 2.45) is 0 Å². The Labute approximate surface area is 113 Å². The van der Waals surface area contributed by atoms with Crippen LogP contribution < -0.4 is 15.2 Å². The highest BCUT2D eigenvalue weighted by molar-refractivity contribution is 5.86. The van der Waals surface area contributed by atoms with Gasteiger partial charge in [-0.05, 0) is 29.8 Å². The average molecular weight is 270 g/mol. The lowest BCUT2D eigenvalue weighted by atomic mass is 10.0. The summed E-state index contributed by atoms with van der Waals surface area (Å²) in [5, 5.41) is 3.81. The zero-order chi connectivity index (χ0) is 13.5. The summed E-state index contributed by atoms with van der Waals surface area (Å²) in [7, 11) is 0. The van der Waals surface area contributed by atoms with Gasteiger partial charge in [0.25, 0.3) is 0 Å². The number of ether oxygens (including phenoxy) is 2. The average Bonchev–Trinajstić information content (AvgIpc) is 3.17. The molecule has 0 spiro atoms. The molecule has 6 heteroatoms. The van der Waals surface area contributed by atoms with Crippen molar-refractivity contribution in [2.75, 3.05) is 12.5 Å². The van der Waals surface area contributed by atoms with E-state index in [-0.39, 0.29) is 6.79 Å². The van der Waals surface area contributed by atoms with Crippen molar-refractivity contribution in [1.82, 2.24) is 5.16 Å². The van der Waals surface area contributed by atoms with Crippen LogP contribution in [0, 0.1) is 0 Å². The Balaban J connectivity index is 1.88. The Hall–Kier alpha value is -2.89. The van der Waals surface area contributed by atoms with Crippen LogP contribution in [0.1, 0.15) is 0 Å². The van der Waals surface area contributed by atoms with Gasteiger partial charge in [0.1, 0.15) is 0 Å². The summed E-state index contributed by atoms with van der Waals surface area (Å²) in [6.45, 7) is 0.225. The summed E-state index contributed by atoms with van der Waals surface area (Å²) >= 11 is 0. The first kappa shape index (κ1) is 11.0. The van der Waals surface area contributed by atoms with E-state index in [1.165, 1.54) is 0 Å². The lowest BCUT2D eigenvalue weighted by molar-refractivity contribution is 0.174. The molecule has 100 valence electrons. The van der Waals surface area contributed by atoms with Gasteiger partial charge in [-0.15, -0.1) is 0 Å². The second kappa shape index (κ2) is 4.06. The molecule has 0 bridgehead atoms. The third-order valence-electron chi connectivity index (χ3n) is 3.12. The highest BCUT2D eigenvalue weighted by atomic mass is 16.7. The number of nitrogens with zero attached hydrogens (tertiary/aromatic N) is 1. The van der Waals surface area contributed by atoms with Crippen molar-refractivity contribution >= 4 is 5.82 Å². The number of anilines is 1. The normalized spacial score (nSPS) is 12.8. The monoisotopic (exact) mass is 270 g/mol. The largest absolute Gasteiger partial charge is 0.461 e. The van der Waals surface area contributed by atoms with Crippen molar-refractivity contribution in [3.8, 4) is 34.1 Å². The van der Waals surface area contributed by atoms with E-state index in [2.05, 4.69) is 5.16 Å². The Morgan fingerprint density at radius 3 is 2.85 bits per heavy atom. The summed E-state index contributed by atoms with van der Waals surface area (Å²) < 4.78 is 21.3. The zero-order valence-corrected chi connectivity index (χ0v) is 10.3. The number of hydrogen-bond acceptors (Lipinski definition) is 6. The van der Waals surface area contributed by atoms with Gasteiger partial charge in [-0.1, -0.05) is 11.2 Å². The van der Waals surface area contributed by atoms with Crippen molar-refractivity contribution in [2.45, 2.75) is 0 Å². The number of rotatable bonds is 2. The van der Waals surface area contributed by atoms with Crippen LogP contribution >= 0.6 is 0 Å². The Bertz CT molecular complexity index is 762. The maximum absolute atomic E-state index is 5.91. The molecule has 2 aromatic heterocycles. The summed E-state index contributed by atoms with van der Waals surface area (Å²) in [5.41, 5.74) is 7.42. The van der Waals surface area contributed by atoms with Crippen molar-refractivity contribution in [3.05, 3.63) is 36.6 Å². The third-order valence-corrected chi connectivity index (χ3v) is 3.12. The van der Waals surface area contributed by atoms with E-state index in [1.807, 2.05) is 18.2 Å². The number of nitrogens with two attached hydrogens (primary N) is 1. The second-order valence-corrected chi connectivity index (χ2v) is 4.32. The molecule has 0 aliphatic carbocycles. The van der Waals surface area contributed by atoms with Crippen molar-refractivity contribution in [1.29, 1.82) is 0 Å². The molecule has 0 amide bonds. The first-order valence-corrected chi connectivity index (χ1v) is 6.02. The Kier molecular flexibility index (Phi) is 2.23. The topological polar surface area (TPSA) is 83.7 Å². The van der Waals surface area contributed by atoms with E-state index in [1.54, 1.807) is 18.4 Å². The van der Waals surface area contributed by atoms with Crippen LogP contribution in [0.5, 0.6) is 11.5 Å². The Morgan fingerprint density at radius 2 is 2.00 bits per heavy atom. The minimum Gasteiger partial charge on any atom is -0.461 e. The molecule has 6 nitrogen and oxygen atoms in total. The predicted molar refractivity (Wildman–Crippen MR) is 70.2 cm³/mol. The van der Waals surface area contributed by atoms with Crippen LogP contribution in [0.4, 0.5) is 5.82 Å². The molecular formula is C14H10N2O4. The van der Waals surface area contributed by atoms with E-state index in [9.17, 15) is 0 Å².